The molecular formula is C5H11N3. The standard InChI is InChI=1S/C5H11N3/c1-5-3-6-7-8(2)4-5/h5H,3-4H2,1-2H3. The maximum Gasteiger partial charge on any atom is 0.0663 e. The Labute approximate surface area is 49.4 Å². The Hall–Kier alpha value is -0.600. The fourth-order valence-electron chi connectivity index (χ4n) is 0.829. The number of rotatable bonds is 0. The van der Waals surface area contributed by atoms with Gasteiger partial charge in [-0.05, 0) is 5.92 Å². The van der Waals surface area contributed by atoms with Crippen molar-refractivity contribution < 1.29 is 0 Å². The van der Waals surface area contributed by atoms with Gasteiger partial charge in [-0.2, -0.15) is 5.11 Å². The largest absolute Gasteiger partial charge is 0.282 e. The average Bonchev–Trinajstić information content (AvgIpc) is 1.64. The van der Waals surface area contributed by atoms with Gasteiger partial charge in [-0.3, -0.25) is 5.01 Å². The van der Waals surface area contributed by atoms with Gasteiger partial charge < -0.3 is 0 Å². The fourth-order valence-corrected chi connectivity index (χ4v) is 0.829. The van der Waals surface area contributed by atoms with E-state index in [-0.39, 0.29) is 0 Å². The first-order valence-electron chi connectivity index (χ1n) is 2.87. The molecule has 46 valence electrons. The van der Waals surface area contributed by atoms with Gasteiger partial charge in [-0.25, -0.2) is 0 Å². The van der Waals surface area contributed by atoms with Gasteiger partial charge in [-0.15, -0.1) is 0 Å². The third-order valence-electron chi connectivity index (χ3n) is 1.19. The van der Waals surface area contributed by atoms with Crippen molar-refractivity contribution in [2.45, 2.75) is 6.92 Å². The molecule has 1 atom stereocenters. The summed E-state index contributed by atoms with van der Waals surface area (Å²) in [5.74, 6) is 0.678. The molecule has 1 aliphatic rings. The summed E-state index contributed by atoms with van der Waals surface area (Å²) in [4.78, 5) is 0. The zero-order chi connectivity index (χ0) is 5.98. The quantitative estimate of drug-likeness (QED) is 0.459. The summed E-state index contributed by atoms with van der Waals surface area (Å²) in [6, 6.07) is 0. The fraction of sp³-hybridized carbons (Fsp3) is 1.00. The van der Waals surface area contributed by atoms with Crippen LogP contribution in [0.25, 0.3) is 0 Å². The van der Waals surface area contributed by atoms with Crippen molar-refractivity contribution in [2.75, 3.05) is 20.1 Å². The normalized spacial score (nSPS) is 28.8. The van der Waals surface area contributed by atoms with Gasteiger partial charge in [0.05, 0.1) is 6.54 Å². The van der Waals surface area contributed by atoms with Crippen molar-refractivity contribution in [2.24, 2.45) is 16.3 Å². The van der Waals surface area contributed by atoms with Crippen LogP contribution in [-0.2, 0) is 0 Å². The second kappa shape index (κ2) is 2.11. The van der Waals surface area contributed by atoms with Gasteiger partial charge in [0.1, 0.15) is 0 Å². The molecule has 0 aromatic rings. The number of hydrogen-bond acceptors (Lipinski definition) is 3. The molecule has 1 heterocycles. The molecule has 3 nitrogen and oxygen atoms in total. The molecule has 0 bridgehead atoms. The number of nitrogens with zero attached hydrogens (tertiary/aromatic N) is 3. The Morgan fingerprint density at radius 1 is 1.62 bits per heavy atom. The minimum atomic E-state index is 0.678. The van der Waals surface area contributed by atoms with E-state index in [9.17, 15) is 0 Å². The van der Waals surface area contributed by atoms with E-state index in [0.717, 1.165) is 13.1 Å². The minimum Gasteiger partial charge on any atom is -0.282 e. The highest BCUT2D eigenvalue weighted by molar-refractivity contribution is 4.60. The lowest BCUT2D eigenvalue weighted by molar-refractivity contribution is 0.245. The van der Waals surface area contributed by atoms with Crippen LogP contribution < -0.4 is 0 Å². The summed E-state index contributed by atoms with van der Waals surface area (Å²) in [7, 11) is 1.94. The van der Waals surface area contributed by atoms with Crippen LogP contribution in [0.3, 0.4) is 0 Å². The molecular weight excluding hydrogens is 102 g/mol. The maximum atomic E-state index is 3.89. The molecule has 0 amide bonds. The lowest BCUT2D eigenvalue weighted by Gasteiger charge is -2.19. The maximum absolute atomic E-state index is 3.89. The third-order valence-corrected chi connectivity index (χ3v) is 1.19. The third kappa shape index (κ3) is 1.18. The van der Waals surface area contributed by atoms with Crippen molar-refractivity contribution in [3.8, 4) is 0 Å². The van der Waals surface area contributed by atoms with Crippen LogP contribution in [0.1, 0.15) is 6.92 Å². The monoisotopic (exact) mass is 113 g/mol. The Bertz CT molecular complexity index is 99.8. The highest BCUT2D eigenvalue weighted by atomic mass is 15.5. The summed E-state index contributed by atoms with van der Waals surface area (Å²) in [6.45, 7) is 4.11. The van der Waals surface area contributed by atoms with Crippen molar-refractivity contribution in [1.29, 1.82) is 0 Å². The Kier molecular flexibility index (Phi) is 1.46. The summed E-state index contributed by atoms with van der Waals surface area (Å²) < 4.78 is 0. The molecule has 8 heavy (non-hydrogen) atoms. The van der Waals surface area contributed by atoms with Gasteiger partial charge in [0.25, 0.3) is 0 Å². The lowest BCUT2D eigenvalue weighted by Crippen LogP contribution is -2.24. The molecule has 1 rings (SSSR count). The molecule has 0 fully saturated rings. The van der Waals surface area contributed by atoms with E-state index in [1.54, 1.807) is 0 Å². The molecule has 0 spiro atoms. The predicted octanol–water partition coefficient (Wildman–Crippen LogP) is 0.935. The van der Waals surface area contributed by atoms with E-state index in [4.69, 9.17) is 0 Å². The van der Waals surface area contributed by atoms with Crippen LogP contribution in [0.4, 0.5) is 0 Å². The zero-order valence-electron chi connectivity index (χ0n) is 5.33. The second-order valence-electron chi connectivity index (χ2n) is 2.36. The van der Waals surface area contributed by atoms with Crippen LogP contribution >= 0.6 is 0 Å². The molecule has 0 aromatic carbocycles. The SMILES string of the molecule is CC1CN=NN(C)C1. The Morgan fingerprint density at radius 2 is 2.38 bits per heavy atom. The first kappa shape index (κ1) is 5.54. The van der Waals surface area contributed by atoms with Crippen LogP contribution in [0.15, 0.2) is 10.3 Å². The first-order valence-corrected chi connectivity index (χ1v) is 2.87. The van der Waals surface area contributed by atoms with E-state index in [1.165, 1.54) is 0 Å². The average molecular weight is 113 g/mol. The molecule has 3 heteroatoms. The molecule has 0 saturated heterocycles. The topological polar surface area (TPSA) is 28.0 Å². The smallest absolute Gasteiger partial charge is 0.0663 e. The summed E-state index contributed by atoms with van der Waals surface area (Å²) in [5, 5.41) is 9.60. The summed E-state index contributed by atoms with van der Waals surface area (Å²) in [5.41, 5.74) is 0. The van der Waals surface area contributed by atoms with Crippen molar-refractivity contribution in [1.82, 2.24) is 5.01 Å². The van der Waals surface area contributed by atoms with Gasteiger partial charge in [0, 0.05) is 13.6 Å². The minimum absolute atomic E-state index is 0.678. The molecule has 0 aliphatic carbocycles. The van der Waals surface area contributed by atoms with Crippen LogP contribution in [0, 0.1) is 5.92 Å². The van der Waals surface area contributed by atoms with E-state index in [0.29, 0.717) is 5.92 Å². The predicted molar refractivity (Wildman–Crippen MR) is 31.5 cm³/mol. The summed E-state index contributed by atoms with van der Waals surface area (Å²) in [6.07, 6.45) is 0. The van der Waals surface area contributed by atoms with Crippen LogP contribution in [-0.4, -0.2) is 25.1 Å². The van der Waals surface area contributed by atoms with E-state index < -0.39 is 0 Å². The number of hydrogen-bond donors (Lipinski definition) is 0. The Balaban J connectivity index is 2.42. The molecule has 0 N–H and O–H groups in total. The first-order chi connectivity index (χ1) is 3.79. The van der Waals surface area contributed by atoms with Crippen LogP contribution in [0.2, 0.25) is 0 Å². The van der Waals surface area contributed by atoms with E-state index >= 15 is 0 Å². The molecule has 1 unspecified atom stereocenters. The van der Waals surface area contributed by atoms with Gasteiger partial charge in [-0.1, -0.05) is 12.1 Å². The van der Waals surface area contributed by atoms with Crippen molar-refractivity contribution in [3.63, 3.8) is 0 Å². The van der Waals surface area contributed by atoms with Crippen LogP contribution in [0.5, 0.6) is 0 Å². The highest BCUT2D eigenvalue weighted by Crippen LogP contribution is 2.04. The van der Waals surface area contributed by atoms with Crippen molar-refractivity contribution >= 4 is 0 Å². The molecule has 1 aliphatic heterocycles. The van der Waals surface area contributed by atoms with Gasteiger partial charge >= 0.3 is 0 Å². The van der Waals surface area contributed by atoms with E-state index in [1.807, 2.05) is 12.1 Å². The van der Waals surface area contributed by atoms with E-state index in [2.05, 4.69) is 17.3 Å². The molecule has 0 saturated carbocycles. The molecule has 0 radical (unpaired) electrons. The van der Waals surface area contributed by atoms with Crippen molar-refractivity contribution in [3.05, 3.63) is 0 Å². The van der Waals surface area contributed by atoms with Gasteiger partial charge in [0.15, 0.2) is 0 Å². The second-order valence-corrected chi connectivity index (χ2v) is 2.36. The summed E-state index contributed by atoms with van der Waals surface area (Å²) >= 11 is 0. The van der Waals surface area contributed by atoms with Gasteiger partial charge in [0.2, 0.25) is 0 Å². The zero-order valence-corrected chi connectivity index (χ0v) is 5.33. The Morgan fingerprint density at radius 3 is 2.75 bits per heavy atom. The highest BCUT2D eigenvalue weighted by Gasteiger charge is 2.07. The lowest BCUT2D eigenvalue weighted by atomic mass is 10.2. The molecule has 0 aromatic heterocycles.